The molecule has 1 saturated carbocycles. The first-order valence-electron chi connectivity index (χ1n) is 18.3. The van der Waals surface area contributed by atoms with Gasteiger partial charge in [0.05, 0.1) is 6.61 Å². The van der Waals surface area contributed by atoms with E-state index < -0.39 is 0 Å². The van der Waals surface area contributed by atoms with E-state index in [1.165, 1.54) is 109 Å². The molecular formula is C39H61N3O3. The Morgan fingerprint density at radius 2 is 1.04 bits per heavy atom. The van der Waals surface area contributed by atoms with Gasteiger partial charge in [-0.05, 0) is 61.1 Å². The van der Waals surface area contributed by atoms with Gasteiger partial charge in [-0.15, -0.1) is 0 Å². The van der Waals surface area contributed by atoms with Crippen LogP contribution in [0.3, 0.4) is 0 Å². The van der Waals surface area contributed by atoms with E-state index in [2.05, 4.69) is 22.9 Å². The first kappa shape index (κ1) is 36.4. The third-order valence-electron chi connectivity index (χ3n) is 8.99. The number of hydrogen-bond acceptors (Lipinski definition) is 3. The summed E-state index contributed by atoms with van der Waals surface area (Å²) >= 11 is 0. The predicted molar refractivity (Wildman–Crippen MR) is 189 cm³/mol. The van der Waals surface area contributed by atoms with E-state index in [0.29, 0.717) is 12.6 Å². The van der Waals surface area contributed by atoms with E-state index in [-0.39, 0.29) is 12.1 Å². The van der Waals surface area contributed by atoms with E-state index in [1.54, 1.807) is 0 Å². The van der Waals surface area contributed by atoms with Gasteiger partial charge in [0.25, 0.3) is 0 Å². The Labute approximate surface area is 273 Å². The molecule has 0 saturated heterocycles. The third-order valence-corrected chi connectivity index (χ3v) is 8.99. The Kier molecular flexibility index (Phi) is 18.9. The molecule has 6 nitrogen and oxygen atoms in total. The van der Waals surface area contributed by atoms with Crippen LogP contribution in [0.15, 0.2) is 48.5 Å². The van der Waals surface area contributed by atoms with Crippen LogP contribution in [-0.2, 0) is 11.2 Å². The molecule has 6 heteroatoms. The SMILES string of the molecule is CCCCCCCCCCCCCCCCCCOC(=O)Nc1ccc(Cc2ccc(NC(=O)NC3CCCCC3)cc2)cc1. The normalized spacial score (nSPS) is 13.4. The molecule has 0 bridgehead atoms. The molecule has 2 aromatic carbocycles. The van der Waals surface area contributed by atoms with Gasteiger partial charge in [0, 0.05) is 17.4 Å². The summed E-state index contributed by atoms with van der Waals surface area (Å²) in [5.74, 6) is 0. The second kappa shape index (κ2) is 23.3. The predicted octanol–water partition coefficient (Wildman–Crippen LogP) is 11.5. The molecule has 0 aliphatic heterocycles. The van der Waals surface area contributed by atoms with Gasteiger partial charge < -0.3 is 15.4 Å². The number of benzene rings is 2. The van der Waals surface area contributed by atoms with Crippen LogP contribution >= 0.6 is 0 Å². The van der Waals surface area contributed by atoms with E-state index >= 15 is 0 Å². The maximum atomic E-state index is 12.3. The smallest absolute Gasteiger partial charge is 0.411 e. The van der Waals surface area contributed by atoms with E-state index in [0.717, 1.165) is 54.6 Å². The fraction of sp³-hybridized carbons (Fsp3) is 0.641. The molecule has 2 aromatic rings. The third kappa shape index (κ3) is 17.3. The van der Waals surface area contributed by atoms with E-state index in [4.69, 9.17) is 4.74 Å². The molecule has 0 atom stereocenters. The number of hydrogen-bond donors (Lipinski definition) is 3. The number of nitrogens with one attached hydrogen (secondary N) is 3. The quantitative estimate of drug-likeness (QED) is 0.115. The molecule has 3 N–H and O–H groups in total. The Balaban J connectivity index is 1.16. The van der Waals surface area contributed by atoms with Gasteiger partial charge in [-0.3, -0.25) is 5.32 Å². The minimum absolute atomic E-state index is 0.124. The van der Waals surface area contributed by atoms with Crippen molar-refractivity contribution in [2.24, 2.45) is 0 Å². The Morgan fingerprint density at radius 3 is 1.53 bits per heavy atom. The van der Waals surface area contributed by atoms with Crippen molar-refractivity contribution in [3.05, 3.63) is 59.7 Å². The van der Waals surface area contributed by atoms with Gasteiger partial charge in [-0.2, -0.15) is 0 Å². The van der Waals surface area contributed by atoms with Crippen LogP contribution in [0.25, 0.3) is 0 Å². The van der Waals surface area contributed by atoms with Crippen molar-refractivity contribution in [3.8, 4) is 0 Å². The topological polar surface area (TPSA) is 79.5 Å². The maximum Gasteiger partial charge on any atom is 0.411 e. The molecule has 1 fully saturated rings. The molecule has 0 aromatic heterocycles. The lowest BCUT2D eigenvalue weighted by Gasteiger charge is -2.22. The van der Waals surface area contributed by atoms with Gasteiger partial charge in [-0.1, -0.05) is 147 Å². The van der Waals surface area contributed by atoms with Crippen molar-refractivity contribution in [2.75, 3.05) is 17.2 Å². The largest absolute Gasteiger partial charge is 0.449 e. The number of carbonyl (C=O) groups is 2. The van der Waals surface area contributed by atoms with Crippen molar-refractivity contribution in [1.82, 2.24) is 5.32 Å². The fourth-order valence-electron chi connectivity index (χ4n) is 6.22. The summed E-state index contributed by atoms with van der Waals surface area (Å²) in [6, 6.07) is 16.0. The van der Waals surface area contributed by atoms with Crippen molar-refractivity contribution in [3.63, 3.8) is 0 Å². The van der Waals surface area contributed by atoms with Crippen molar-refractivity contribution in [2.45, 2.75) is 154 Å². The van der Waals surface area contributed by atoms with Gasteiger partial charge in [0.15, 0.2) is 0 Å². The molecular weight excluding hydrogens is 558 g/mol. The average Bonchev–Trinajstić information content (AvgIpc) is 3.05. The van der Waals surface area contributed by atoms with Crippen LogP contribution in [0.1, 0.15) is 153 Å². The van der Waals surface area contributed by atoms with E-state index in [9.17, 15) is 9.59 Å². The second-order valence-corrected chi connectivity index (χ2v) is 13.1. The zero-order valence-corrected chi connectivity index (χ0v) is 28.2. The van der Waals surface area contributed by atoms with Gasteiger partial charge >= 0.3 is 12.1 Å². The monoisotopic (exact) mass is 619 g/mol. The van der Waals surface area contributed by atoms with Crippen LogP contribution in [0.2, 0.25) is 0 Å². The number of unbranched alkanes of at least 4 members (excludes halogenated alkanes) is 15. The molecule has 3 rings (SSSR count). The molecule has 0 unspecified atom stereocenters. The lowest BCUT2D eigenvalue weighted by atomic mass is 9.96. The molecule has 0 spiro atoms. The van der Waals surface area contributed by atoms with Gasteiger partial charge in [0.2, 0.25) is 0 Å². The molecule has 0 heterocycles. The van der Waals surface area contributed by atoms with Crippen molar-refractivity contribution >= 4 is 23.5 Å². The van der Waals surface area contributed by atoms with Gasteiger partial charge in [-0.25, -0.2) is 9.59 Å². The zero-order valence-electron chi connectivity index (χ0n) is 28.2. The minimum Gasteiger partial charge on any atom is -0.449 e. The zero-order chi connectivity index (χ0) is 31.8. The Bertz CT molecular complexity index is 1050. The standard InChI is InChI=1S/C39H61N3O3/c1-2-3-4-5-6-7-8-9-10-11-12-13-14-15-16-20-31-45-39(44)42-37-29-25-34(26-30-37)32-33-23-27-36(28-24-33)41-38(43)40-35-21-18-17-19-22-35/h23-30,35H,2-22,31-32H2,1H3,(H,42,44)(H2,40,41,43). The maximum absolute atomic E-state index is 12.3. The molecule has 1 aliphatic carbocycles. The van der Waals surface area contributed by atoms with E-state index in [1.807, 2.05) is 48.5 Å². The summed E-state index contributed by atoms with van der Waals surface area (Å²) in [7, 11) is 0. The van der Waals surface area contributed by atoms with Crippen LogP contribution in [-0.4, -0.2) is 24.8 Å². The number of ether oxygens (including phenoxy) is 1. The minimum atomic E-state index is -0.390. The number of urea groups is 1. The van der Waals surface area contributed by atoms with Crippen LogP contribution in [0, 0.1) is 0 Å². The molecule has 3 amide bonds. The highest BCUT2D eigenvalue weighted by atomic mass is 16.5. The number of rotatable bonds is 22. The molecule has 1 aliphatic rings. The summed E-state index contributed by atoms with van der Waals surface area (Å²) in [5, 5.41) is 8.87. The van der Waals surface area contributed by atoms with Crippen molar-refractivity contribution < 1.29 is 14.3 Å². The van der Waals surface area contributed by atoms with Crippen LogP contribution in [0.4, 0.5) is 21.0 Å². The first-order valence-corrected chi connectivity index (χ1v) is 18.3. The number of anilines is 2. The molecule has 0 radical (unpaired) electrons. The molecule has 45 heavy (non-hydrogen) atoms. The summed E-state index contributed by atoms with van der Waals surface area (Å²) in [5.41, 5.74) is 3.84. The number of amides is 3. The second-order valence-electron chi connectivity index (χ2n) is 13.1. The first-order chi connectivity index (χ1) is 22.1. The van der Waals surface area contributed by atoms with Gasteiger partial charge in [0.1, 0.15) is 0 Å². The fourth-order valence-corrected chi connectivity index (χ4v) is 6.22. The van der Waals surface area contributed by atoms with Crippen LogP contribution in [0.5, 0.6) is 0 Å². The number of carbonyl (C=O) groups excluding carboxylic acids is 2. The van der Waals surface area contributed by atoms with Crippen molar-refractivity contribution in [1.29, 1.82) is 0 Å². The lowest BCUT2D eigenvalue weighted by molar-refractivity contribution is 0.159. The summed E-state index contributed by atoms with van der Waals surface area (Å²) in [6.07, 6.45) is 27.5. The highest BCUT2D eigenvalue weighted by Crippen LogP contribution is 2.19. The molecule has 250 valence electrons. The highest BCUT2D eigenvalue weighted by Gasteiger charge is 2.15. The summed E-state index contributed by atoms with van der Waals surface area (Å²) in [6.45, 7) is 2.75. The lowest BCUT2D eigenvalue weighted by Crippen LogP contribution is -2.38. The highest BCUT2D eigenvalue weighted by molar-refractivity contribution is 5.89. The van der Waals surface area contributed by atoms with Crippen LogP contribution < -0.4 is 16.0 Å². The average molecular weight is 620 g/mol. The Morgan fingerprint density at radius 1 is 0.600 bits per heavy atom. The Hall–Kier alpha value is -3.02. The summed E-state index contributed by atoms with van der Waals surface area (Å²) < 4.78 is 5.39. The summed E-state index contributed by atoms with van der Waals surface area (Å²) in [4.78, 5) is 24.5.